The van der Waals surface area contributed by atoms with Crippen molar-refractivity contribution < 1.29 is 0 Å². The maximum absolute atomic E-state index is 4.04. The lowest BCUT2D eigenvalue weighted by Gasteiger charge is -2.42. The van der Waals surface area contributed by atoms with Crippen LogP contribution in [-0.2, 0) is 6.54 Å². The first-order valence-electron chi connectivity index (χ1n) is 5.04. The van der Waals surface area contributed by atoms with E-state index in [4.69, 9.17) is 0 Å². The van der Waals surface area contributed by atoms with Gasteiger partial charge in [-0.3, -0.25) is 0 Å². The highest BCUT2D eigenvalue weighted by atomic mass is 15.6. The highest BCUT2D eigenvalue weighted by molar-refractivity contribution is 4.94. The lowest BCUT2D eigenvalue weighted by molar-refractivity contribution is 0.0907. The maximum atomic E-state index is 4.04. The van der Waals surface area contributed by atoms with Crippen LogP contribution in [0.25, 0.3) is 0 Å². The standard InChI is InChI=1S/C9H17N5/c1-9(2)4-7(5-9)14-8(6-10-3)11-12-13-14/h7,10H,4-6H2,1-3H3. The van der Waals surface area contributed by atoms with E-state index in [1.54, 1.807) is 0 Å². The topological polar surface area (TPSA) is 55.6 Å². The molecule has 2 rings (SSSR count). The molecule has 1 N–H and O–H groups in total. The van der Waals surface area contributed by atoms with E-state index >= 15 is 0 Å². The number of hydrogen-bond donors (Lipinski definition) is 1. The second-order valence-electron chi connectivity index (χ2n) is 4.80. The molecule has 1 aromatic rings. The van der Waals surface area contributed by atoms with Crippen LogP contribution >= 0.6 is 0 Å². The van der Waals surface area contributed by atoms with Gasteiger partial charge in [0.2, 0.25) is 0 Å². The molecule has 0 saturated heterocycles. The molecule has 0 spiro atoms. The summed E-state index contributed by atoms with van der Waals surface area (Å²) in [5, 5.41) is 14.8. The Morgan fingerprint density at radius 3 is 2.79 bits per heavy atom. The van der Waals surface area contributed by atoms with Gasteiger partial charge in [-0.25, -0.2) is 4.68 Å². The number of nitrogens with zero attached hydrogens (tertiary/aromatic N) is 4. The molecule has 0 aliphatic heterocycles. The van der Waals surface area contributed by atoms with Crippen LogP contribution < -0.4 is 5.32 Å². The second-order valence-corrected chi connectivity index (χ2v) is 4.80. The zero-order chi connectivity index (χ0) is 10.2. The summed E-state index contributed by atoms with van der Waals surface area (Å²) in [5.41, 5.74) is 0.466. The molecule has 0 bridgehead atoms. The van der Waals surface area contributed by atoms with Crippen LogP contribution in [0.4, 0.5) is 0 Å². The summed E-state index contributed by atoms with van der Waals surface area (Å²) in [6.07, 6.45) is 2.35. The van der Waals surface area contributed by atoms with E-state index in [-0.39, 0.29) is 0 Å². The average molecular weight is 195 g/mol. The molecule has 1 aromatic heterocycles. The number of hydrogen-bond acceptors (Lipinski definition) is 4. The van der Waals surface area contributed by atoms with Gasteiger partial charge in [-0.1, -0.05) is 13.8 Å². The summed E-state index contributed by atoms with van der Waals surface area (Å²) in [6, 6.07) is 0.503. The van der Waals surface area contributed by atoms with Gasteiger partial charge in [-0.05, 0) is 35.7 Å². The van der Waals surface area contributed by atoms with E-state index in [1.807, 2.05) is 11.7 Å². The van der Waals surface area contributed by atoms with E-state index < -0.39 is 0 Å². The maximum Gasteiger partial charge on any atom is 0.165 e. The minimum absolute atomic E-state index is 0.466. The summed E-state index contributed by atoms with van der Waals surface area (Å²) in [7, 11) is 1.91. The number of tetrazole rings is 1. The van der Waals surface area contributed by atoms with Crippen molar-refractivity contribution in [3.05, 3.63) is 5.82 Å². The molecule has 5 heteroatoms. The Balaban J connectivity index is 2.06. The Kier molecular flexibility index (Phi) is 2.26. The third-order valence-electron chi connectivity index (χ3n) is 2.82. The summed E-state index contributed by atoms with van der Waals surface area (Å²) in [4.78, 5) is 0. The highest BCUT2D eigenvalue weighted by Gasteiger charge is 2.38. The summed E-state index contributed by atoms with van der Waals surface area (Å²) in [6.45, 7) is 5.31. The van der Waals surface area contributed by atoms with Gasteiger partial charge in [-0.15, -0.1) is 5.10 Å². The Morgan fingerprint density at radius 1 is 1.50 bits per heavy atom. The van der Waals surface area contributed by atoms with Gasteiger partial charge >= 0.3 is 0 Å². The molecule has 1 heterocycles. The van der Waals surface area contributed by atoms with Gasteiger partial charge in [0.25, 0.3) is 0 Å². The third kappa shape index (κ3) is 1.64. The fraction of sp³-hybridized carbons (Fsp3) is 0.889. The van der Waals surface area contributed by atoms with Crippen molar-refractivity contribution in [1.82, 2.24) is 25.5 Å². The van der Waals surface area contributed by atoms with Crippen LogP contribution in [0.1, 0.15) is 38.6 Å². The first-order chi connectivity index (χ1) is 6.62. The van der Waals surface area contributed by atoms with Gasteiger partial charge in [0.15, 0.2) is 5.82 Å². The fourth-order valence-electron chi connectivity index (χ4n) is 2.16. The quantitative estimate of drug-likeness (QED) is 0.773. The monoisotopic (exact) mass is 195 g/mol. The minimum Gasteiger partial charge on any atom is -0.313 e. The second kappa shape index (κ2) is 3.31. The fourth-order valence-corrected chi connectivity index (χ4v) is 2.16. The molecular formula is C9H17N5. The first-order valence-corrected chi connectivity index (χ1v) is 5.04. The molecule has 1 saturated carbocycles. The summed E-state index contributed by atoms with van der Waals surface area (Å²) in [5.74, 6) is 0.938. The van der Waals surface area contributed by atoms with Gasteiger partial charge in [0, 0.05) is 0 Å². The molecule has 0 unspecified atom stereocenters. The van der Waals surface area contributed by atoms with Crippen LogP contribution in [0.3, 0.4) is 0 Å². The Hall–Kier alpha value is -0.970. The average Bonchev–Trinajstić information content (AvgIpc) is 2.48. The lowest BCUT2D eigenvalue weighted by atomic mass is 9.68. The van der Waals surface area contributed by atoms with Gasteiger partial charge < -0.3 is 5.32 Å². The first kappa shape index (κ1) is 9.58. The predicted octanol–water partition coefficient (Wildman–Crippen LogP) is 0.754. The normalized spacial score (nSPS) is 20.8. The zero-order valence-electron chi connectivity index (χ0n) is 8.99. The van der Waals surface area contributed by atoms with Gasteiger partial charge in [0.05, 0.1) is 12.6 Å². The smallest absolute Gasteiger partial charge is 0.165 e. The molecule has 0 radical (unpaired) electrons. The molecule has 0 amide bonds. The van der Waals surface area contributed by atoms with Gasteiger partial charge in [0.1, 0.15) is 0 Å². The van der Waals surface area contributed by atoms with Crippen molar-refractivity contribution >= 4 is 0 Å². The van der Waals surface area contributed by atoms with Crippen LogP contribution in [0.2, 0.25) is 0 Å². The van der Waals surface area contributed by atoms with Gasteiger partial charge in [-0.2, -0.15) is 0 Å². The van der Waals surface area contributed by atoms with Crippen LogP contribution in [-0.4, -0.2) is 27.3 Å². The van der Waals surface area contributed by atoms with Crippen LogP contribution in [0.5, 0.6) is 0 Å². The van der Waals surface area contributed by atoms with Crippen molar-refractivity contribution in [2.75, 3.05) is 7.05 Å². The van der Waals surface area contributed by atoms with E-state index in [0.717, 1.165) is 12.4 Å². The Morgan fingerprint density at radius 2 is 2.21 bits per heavy atom. The van der Waals surface area contributed by atoms with Crippen molar-refractivity contribution in [2.24, 2.45) is 5.41 Å². The van der Waals surface area contributed by atoms with E-state index in [1.165, 1.54) is 12.8 Å². The Labute approximate surface area is 83.9 Å². The van der Waals surface area contributed by atoms with E-state index in [9.17, 15) is 0 Å². The zero-order valence-corrected chi connectivity index (χ0v) is 8.99. The molecule has 78 valence electrons. The molecule has 1 aliphatic carbocycles. The molecule has 14 heavy (non-hydrogen) atoms. The van der Waals surface area contributed by atoms with Crippen LogP contribution in [0, 0.1) is 5.41 Å². The number of aromatic nitrogens is 4. The van der Waals surface area contributed by atoms with Crippen LogP contribution in [0.15, 0.2) is 0 Å². The molecule has 1 aliphatic rings. The van der Waals surface area contributed by atoms with Crippen molar-refractivity contribution in [3.63, 3.8) is 0 Å². The molecule has 0 atom stereocenters. The van der Waals surface area contributed by atoms with Crippen molar-refractivity contribution in [3.8, 4) is 0 Å². The summed E-state index contributed by atoms with van der Waals surface area (Å²) >= 11 is 0. The predicted molar refractivity (Wildman–Crippen MR) is 52.6 cm³/mol. The molecule has 1 fully saturated rings. The molecule has 0 aromatic carbocycles. The minimum atomic E-state index is 0.466. The third-order valence-corrected chi connectivity index (χ3v) is 2.82. The Bertz CT molecular complexity index is 309. The lowest BCUT2D eigenvalue weighted by Crippen LogP contribution is -2.35. The summed E-state index contributed by atoms with van der Waals surface area (Å²) < 4.78 is 1.96. The molecular weight excluding hydrogens is 178 g/mol. The van der Waals surface area contributed by atoms with E-state index in [0.29, 0.717) is 11.5 Å². The largest absolute Gasteiger partial charge is 0.313 e. The SMILES string of the molecule is CNCc1nnnn1C1CC(C)(C)C1. The van der Waals surface area contributed by atoms with E-state index in [2.05, 4.69) is 34.7 Å². The van der Waals surface area contributed by atoms with Crippen molar-refractivity contribution in [2.45, 2.75) is 39.3 Å². The molecule has 5 nitrogen and oxygen atoms in total. The number of nitrogens with one attached hydrogen (secondary N) is 1. The van der Waals surface area contributed by atoms with Crippen molar-refractivity contribution in [1.29, 1.82) is 0 Å². The highest BCUT2D eigenvalue weighted by Crippen LogP contribution is 2.47. The number of rotatable bonds is 3.